The van der Waals surface area contributed by atoms with Crippen molar-refractivity contribution in [2.75, 3.05) is 9.96 Å². The summed E-state index contributed by atoms with van der Waals surface area (Å²) in [6.07, 6.45) is -1.06. The van der Waals surface area contributed by atoms with Crippen molar-refractivity contribution >= 4 is 40.5 Å². The Morgan fingerprint density at radius 1 is 0.838 bits per heavy atom. The van der Waals surface area contributed by atoms with Crippen molar-refractivity contribution in [1.82, 2.24) is 0 Å². The molecule has 0 N–H and O–H groups in total. The fraction of sp³-hybridized carbons (Fsp3) is 0.111. The van der Waals surface area contributed by atoms with E-state index in [4.69, 9.17) is 20.9 Å². The molecule has 3 aromatic carbocycles. The molecular weight excluding hydrogens is 498 g/mol. The Morgan fingerprint density at radius 3 is 2.19 bits per heavy atom. The molecule has 2 saturated heterocycles. The standard InChI is InChI=1S/C27H18ClN3O6/c28-16-11-12-19(20(15-16)31(34)35)21-13-14-22(36-21)24-23-25(37-30(24)18-9-5-2-6-10-18)27(33)29(26(23)32)17-7-3-1-4-8-17/h1-15,23-25H/t23-,24-,25-/m1/s1. The molecule has 4 aromatic rings. The fourth-order valence-electron chi connectivity index (χ4n) is 4.85. The highest BCUT2D eigenvalue weighted by Gasteiger charge is 2.61. The summed E-state index contributed by atoms with van der Waals surface area (Å²) in [6.45, 7) is 0. The van der Waals surface area contributed by atoms with E-state index in [-0.39, 0.29) is 22.0 Å². The number of amides is 2. The van der Waals surface area contributed by atoms with Gasteiger partial charge in [0.2, 0.25) is 5.91 Å². The molecule has 3 heterocycles. The van der Waals surface area contributed by atoms with Crippen LogP contribution in [0.3, 0.4) is 0 Å². The first kappa shape index (κ1) is 23.0. The third-order valence-corrected chi connectivity index (χ3v) is 6.72. The number of furan rings is 1. The van der Waals surface area contributed by atoms with Crippen LogP contribution >= 0.6 is 11.6 Å². The molecule has 0 bridgehead atoms. The minimum Gasteiger partial charge on any atom is -0.458 e. The van der Waals surface area contributed by atoms with Crippen molar-refractivity contribution in [3.05, 3.63) is 112 Å². The monoisotopic (exact) mass is 515 g/mol. The average Bonchev–Trinajstić information content (AvgIpc) is 3.60. The Balaban J connectivity index is 1.44. The lowest BCUT2D eigenvalue weighted by Gasteiger charge is -2.27. The minimum atomic E-state index is -1.06. The second-order valence-electron chi connectivity index (χ2n) is 8.63. The molecule has 37 heavy (non-hydrogen) atoms. The van der Waals surface area contributed by atoms with E-state index in [1.807, 2.05) is 18.2 Å². The van der Waals surface area contributed by atoms with Crippen LogP contribution in [0, 0.1) is 16.0 Å². The number of nitro groups is 1. The first-order chi connectivity index (χ1) is 17.9. The zero-order valence-electron chi connectivity index (χ0n) is 19.1. The van der Waals surface area contributed by atoms with Gasteiger partial charge in [-0.05, 0) is 48.5 Å². The van der Waals surface area contributed by atoms with Crippen molar-refractivity contribution in [2.24, 2.45) is 5.92 Å². The smallest absolute Gasteiger partial charge is 0.281 e. The first-order valence-electron chi connectivity index (χ1n) is 11.4. The molecule has 0 radical (unpaired) electrons. The molecule has 10 heteroatoms. The van der Waals surface area contributed by atoms with Crippen LogP contribution in [-0.4, -0.2) is 22.8 Å². The van der Waals surface area contributed by atoms with Crippen molar-refractivity contribution in [2.45, 2.75) is 12.1 Å². The maximum atomic E-state index is 13.7. The van der Waals surface area contributed by atoms with Gasteiger partial charge in [0.15, 0.2) is 6.10 Å². The first-order valence-corrected chi connectivity index (χ1v) is 11.8. The fourth-order valence-corrected chi connectivity index (χ4v) is 5.02. The zero-order valence-corrected chi connectivity index (χ0v) is 19.8. The lowest BCUT2D eigenvalue weighted by atomic mass is 9.94. The third-order valence-electron chi connectivity index (χ3n) is 6.48. The normalized spacial score (nSPS) is 20.9. The van der Waals surface area contributed by atoms with Gasteiger partial charge in [-0.3, -0.25) is 24.5 Å². The van der Waals surface area contributed by atoms with Crippen LogP contribution in [0.5, 0.6) is 0 Å². The molecule has 2 aliphatic rings. The number of nitro benzene ring substituents is 1. The molecule has 184 valence electrons. The van der Waals surface area contributed by atoms with Gasteiger partial charge in [-0.25, -0.2) is 9.96 Å². The summed E-state index contributed by atoms with van der Waals surface area (Å²) < 4.78 is 6.12. The number of anilines is 2. The van der Waals surface area contributed by atoms with Gasteiger partial charge in [0, 0.05) is 11.1 Å². The molecule has 0 aliphatic carbocycles. The van der Waals surface area contributed by atoms with E-state index >= 15 is 0 Å². The quantitative estimate of drug-likeness (QED) is 0.194. The number of hydroxylamine groups is 1. The van der Waals surface area contributed by atoms with Crippen LogP contribution in [0.1, 0.15) is 11.8 Å². The van der Waals surface area contributed by atoms with Gasteiger partial charge < -0.3 is 4.42 Å². The molecular formula is C27H18ClN3O6. The predicted molar refractivity (Wildman–Crippen MR) is 135 cm³/mol. The molecule has 0 unspecified atom stereocenters. The number of nitrogens with zero attached hydrogens (tertiary/aromatic N) is 3. The van der Waals surface area contributed by atoms with Crippen molar-refractivity contribution in [1.29, 1.82) is 0 Å². The average molecular weight is 516 g/mol. The van der Waals surface area contributed by atoms with Crippen molar-refractivity contribution < 1.29 is 23.8 Å². The number of hydrogen-bond acceptors (Lipinski definition) is 7. The van der Waals surface area contributed by atoms with E-state index in [1.165, 1.54) is 23.3 Å². The SMILES string of the molecule is O=C1[C@@H]2[C@@H](c3ccc(-c4ccc(Cl)cc4[N+](=O)[O-])o3)N(c3ccccc3)O[C@H]2C(=O)N1c1ccccc1. The van der Waals surface area contributed by atoms with E-state index in [1.54, 1.807) is 54.6 Å². The molecule has 2 amide bonds. The van der Waals surface area contributed by atoms with E-state index in [0.717, 1.165) is 4.90 Å². The molecule has 9 nitrogen and oxygen atoms in total. The van der Waals surface area contributed by atoms with Crippen LogP contribution < -0.4 is 9.96 Å². The van der Waals surface area contributed by atoms with Crippen molar-refractivity contribution in [3.8, 4) is 11.3 Å². The number of carbonyl (C=O) groups is 2. The molecule has 0 spiro atoms. The van der Waals surface area contributed by atoms with E-state index in [2.05, 4.69) is 0 Å². The lowest BCUT2D eigenvalue weighted by Crippen LogP contribution is -2.37. The molecule has 2 aliphatic heterocycles. The number of fused-ring (bicyclic) bond motifs is 1. The molecule has 6 rings (SSSR count). The van der Waals surface area contributed by atoms with Crippen LogP contribution in [0.2, 0.25) is 5.02 Å². The second-order valence-corrected chi connectivity index (χ2v) is 9.06. The maximum absolute atomic E-state index is 13.7. The van der Waals surface area contributed by atoms with E-state index in [9.17, 15) is 19.7 Å². The van der Waals surface area contributed by atoms with Crippen LogP contribution in [-0.2, 0) is 14.4 Å². The van der Waals surface area contributed by atoms with Gasteiger partial charge in [0.1, 0.15) is 23.5 Å². The number of carbonyl (C=O) groups excluding carboxylic acids is 2. The third kappa shape index (κ3) is 3.76. The largest absolute Gasteiger partial charge is 0.458 e. The Morgan fingerprint density at radius 2 is 1.51 bits per heavy atom. The summed E-state index contributed by atoms with van der Waals surface area (Å²) in [6, 6.07) is 24.5. The molecule has 3 atom stereocenters. The van der Waals surface area contributed by atoms with Crippen molar-refractivity contribution in [3.63, 3.8) is 0 Å². The highest BCUT2D eigenvalue weighted by molar-refractivity contribution is 6.31. The van der Waals surface area contributed by atoms with E-state index in [0.29, 0.717) is 17.1 Å². The highest BCUT2D eigenvalue weighted by atomic mass is 35.5. The topological polar surface area (TPSA) is 106 Å². The number of rotatable bonds is 5. The van der Waals surface area contributed by atoms with Crippen LogP contribution in [0.4, 0.5) is 17.1 Å². The number of imide groups is 1. The van der Waals surface area contributed by atoms with Gasteiger partial charge in [-0.15, -0.1) is 0 Å². The van der Waals surface area contributed by atoms with Crippen LogP contribution in [0.25, 0.3) is 11.3 Å². The Labute approximate surface area is 215 Å². The van der Waals surface area contributed by atoms with E-state index < -0.39 is 34.8 Å². The van der Waals surface area contributed by atoms with Gasteiger partial charge in [-0.2, -0.15) is 0 Å². The number of hydrogen-bond donors (Lipinski definition) is 0. The second kappa shape index (κ2) is 8.88. The minimum absolute atomic E-state index is 0.212. The maximum Gasteiger partial charge on any atom is 0.281 e. The molecule has 0 saturated carbocycles. The number of para-hydroxylation sites is 2. The molecule has 1 aromatic heterocycles. The van der Waals surface area contributed by atoms with Gasteiger partial charge >= 0.3 is 0 Å². The predicted octanol–water partition coefficient (Wildman–Crippen LogP) is 5.56. The summed E-state index contributed by atoms with van der Waals surface area (Å²) in [7, 11) is 0. The summed E-state index contributed by atoms with van der Waals surface area (Å²) in [5.41, 5.74) is 1.11. The Hall–Kier alpha value is -4.47. The van der Waals surface area contributed by atoms with Gasteiger partial charge in [-0.1, -0.05) is 48.0 Å². The Kier molecular flexibility index (Phi) is 5.51. The summed E-state index contributed by atoms with van der Waals surface area (Å²) in [4.78, 5) is 45.4. The Bertz CT molecular complexity index is 1520. The highest BCUT2D eigenvalue weighted by Crippen LogP contribution is 2.48. The van der Waals surface area contributed by atoms with Gasteiger partial charge in [0.25, 0.3) is 11.6 Å². The number of benzene rings is 3. The zero-order chi connectivity index (χ0) is 25.7. The summed E-state index contributed by atoms with van der Waals surface area (Å²) in [5, 5.41) is 13.4. The lowest BCUT2D eigenvalue weighted by molar-refractivity contribution is -0.384. The summed E-state index contributed by atoms with van der Waals surface area (Å²) in [5.74, 6) is -1.23. The molecule has 2 fully saturated rings. The van der Waals surface area contributed by atoms with Gasteiger partial charge in [0.05, 0.1) is 21.9 Å². The summed E-state index contributed by atoms with van der Waals surface area (Å²) >= 11 is 5.97. The number of halogens is 1. The van der Waals surface area contributed by atoms with Crippen LogP contribution in [0.15, 0.2) is 95.4 Å².